The summed E-state index contributed by atoms with van der Waals surface area (Å²) < 4.78 is 4.68. The zero-order valence-electron chi connectivity index (χ0n) is 6.83. The van der Waals surface area contributed by atoms with Crippen molar-refractivity contribution in [2.45, 2.75) is 5.38 Å². The van der Waals surface area contributed by atoms with Crippen molar-refractivity contribution in [3.8, 4) is 0 Å². The van der Waals surface area contributed by atoms with Gasteiger partial charge >= 0.3 is 0 Å². The Morgan fingerprint density at radius 2 is 2.18 bits per heavy atom. The van der Waals surface area contributed by atoms with Gasteiger partial charge in [-0.15, -0.1) is 11.6 Å². The van der Waals surface area contributed by atoms with Crippen molar-refractivity contribution >= 4 is 17.5 Å². The third-order valence-electron chi connectivity index (χ3n) is 1.17. The number of rotatable bonds is 4. The molecular weight excluding hydrogens is 170 g/mol. The van der Waals surface area contributed by atoms with E-state index in [0.717, 1.165) is 5.06 Å². The Kier molecular flexibility index (Phi) is 5.19. The maximum absolute atomic E-state index is 11.1. The fourth-order valence-corrected chi connectivity index (χ4v) is 0.768. The molecule has 0 aliphatic rings. The van der Waals surface area contributed by atoms with Gasteiger partial charge in [-0.1, -0.05) is 0 Å². The lowest BCUT2D eigenvalue weighted by molar-refractivity contribution is -0.169. The quantitative estimate of drug-likeness (QED) is 0.461. The molecule has 0 spiro atoms. The van der Waals surface area contributed by atoms with E-state index in [1.165, 1.54) is 21.3 Å². The SMILES string of the molecule is COCC(Cl)C(=O)N(C)OC. The number of amides is 1. The van der Waals surface area contributed by atoms with E-state index >= 15 is 0 Å². The highest BCUT2D eigenvalue weighted by atomic mass is 35.5. The zero-order chi connectivity index (χ0) is 8.85. The van der Waals surface area contributed by atoms with Gasteiger partial charge in [0.05, 0.1) is 13.7 Å². The Morgan fingerprint density at radius 1 is 1.64 bits per heavy atom. The predicted molar refractivity (Wildman–Crippen MR) is 41.3 cm³/mol. The van der Waals surface area contributed by atoms with Gasteiger partial charge < -0.3 is 4.74 Å². The molecule has 0 saturated heterocycles. The molecule has 0 fully saturated rings. The Bertz CT molecular complexity index is 131. The lowest BCUT2D eigenvalue weighted by Gasteiger charge is -2.16. The number of methoxy groups -OCH3 is 1. The van der Waals surface area contributed by atoms with Crippen LogP contribution in [0.2, 0.25) is 0 Å². The number of alkyl halides is 1. The lowest BCUT2D eigenvalue weighted by atomic mass is 10.4. The first kappa shape index (κ1) is 10.7. The summed E-state index contributed by atoms with van der Waals surface area (Å²) in [5, 5.41) is 0.390. The molecule has 66 valence electrons. The van der Waals surface area contributed by atoms with Gasteiger partial charge in [0.1, 0.15) is 5.38 Å². The van der Waals surface area contributed by atoms with Gasteiger partial charge in [0.25, 0.3) is 5.91 Å². The number of carbonyl (C=O) groups excluding carboxylic acids is 1. The molecule has 0 aromatic rings. The average molecular weight is 182 g/mol. The van der Waals surface area contributed by atoms with E-state index in [9.17, 15) is 4.79 Å². The smallest absolute Gasteiger partial charge is 0.266 e. The van der Waals surface area contributed by atoms with E-state index < -0.39 is 5.38 Å². The van der Waals surface area contributed by atoms with E-state index in [-0.39, 0.29) is 12.5 Å². The largest absolute Gasteiger partial charge is 0.383 e. The lowest BCUT2D eigenvalue weighted by Crippen LogP contribution is -2.34. The molecule has 4 nitrogen and oxygen atoms in total. The average Bonchev–Trinajstić information content (AvgIpc) is 2.02. The molecule has 1 unspecified atom stereocenters. The number of nitrogens with zero attached hydrogens (tertiary/aromatic N) is 1. The van der Waals surface area contributed by atoms with E-state index in [1.54, 1.807) is 0 Å². The maximum atomic E-state index is 11.1. The minimum absolute atomic E-state index is 0.189. The zero-order valence-corrected chi connectivity index (χ0v) is 7.59. The van der Waals surface area contributed by atoms with Crippen molar-refractivity contribution < 1.29 is 14.4 Å². The van der Waals surface area contributed by atoms with E-state index in [2.05, 4.69) is 9.57 Å². The molecule has 0 heterocycles. The Morgan fingerprint density at radius 3 is 2.55 bits per heavy atom. The first-order valence-electron chi connectivity index (χ1n) is 3.08. The number of carbonyl (C=O) groups is 1. The van der Waals surface area contributed by atoms with Crippen LogP contribution in [0.1, 0.15) is 0 Å². The highest BCUT2D eigenvalue weighted by Crippen LogP contribution is 2.00. The molecule has 0 aromatic carbocycles. The van der Waals surface area contributed by atoms with Gasteiger partial charge in [0.2, 0.25) is 0 Å². The van der Waals surface area contributed by atoms with Crippen LogP contribution in [0, 0.1) is 0 Å². The maximum Gasteiger partial charge on any atom is 0.266 e. The van der Waals surface area contributed by atoms with E-state index in [4.69, 9.17) is 11.6 Å². The fourth-order valence-electron chi connectivity index (χ4n) is 0.505. The van der Waals surface area contributed by atoms with Crippen LogP contribution in [0.4, 0.5) is 0 Å². The number of hydrogen-bond acceptors (Lipinski definition) is 3. The van der Waals surface area contributed by atoms with Crippen LogP contribution in [0.25, 0.3) is 0 Å². The highest BCUT2D eigenvalue weighted by Gasteiger charge is 2.18. The molecule has 1 atom stereocenters. The van der Waals surface area contributed by atoms with Crippen molar-refractivity contribution in [1.29, 1.82) is 0 Å². The molecular formula is C6H12ClNO3. The Labute approximate surface area is 71.0 Å². The molecule has 0 aliphatic heterocycles. The number of hydroxylamine groups is 2. The normalized spacial score (nSPS) is 12.7. The topological polar surface area (TPSA) is 38.8 Å². The number of hydrogen-bond donors (Lipinski definition) is 0. The molecule has 0 aromatic heterocycles. The van der Waals surface area contributed by atoms with Crippen LogP contribution >= 0.6 is 11.6 Å². The second-order valence-corrected chi connectivity index (χ2v) is 2.47. The first-order valence-corrected chi connectivity index (χ1v) is 3.51. The van der Waals surface area contributed by atoms with E-state index in [1.807, 2.05) is 0 Å². The van der Waals surface area contributed by atoms with Crippen molar-refractivity contribution in [3.05, 3.63) is 0 Å². The van der Waals surface area contributed by atoms with Crippen molar-refractivity contribution in [2.24, 2.45) is 0 Å². The predicted octanol–water partition coefficient (Wildman–Crippen LogP) is 0.260. The standard InChI is InChI=1S/C6H12ClNO3/c1-8(11-3)6(9)5(7)4-10-2/h5H,4H2,1-3H3. The summed E-state index contributed by atoms with van der Waals surface area (Å²) in [6, 6.07) is 0. The van der Waals surface area contributed by atoms with Crippen LogP contribution in [0.5, 0.6) is 0 Å². The van der Waals surface area contributed by atoms with Gasteiger partial charge in [0, 0.05) is 14.2 Å². The van der Waals surface area contributed by atoms with Crippen molar-refractivity contribution in [2.75, 3.05) is 27.9 Å². The second-order valence-electron chi connectivity index (χ2n) is 1.94. The summed E-state index contributed by atoms with van der Waals surface area (Å²) in [5.41, 5.74) is 0. The summed E-state index contributed by atoms with van der Waals surface area (Å²) in [6.07, 6.45) is 0. The molecule has 0 bridgehead atoms. The third kappa shape index (κ3) is 3.55. The minimum Gasteiger partial charge on any atom is -0.383 e. The Balaban J connectivity index is 3.81. The fraction of sp³-hybridized carbons (Fsp3) is 0.833. The summed E-state index contributed by atoms with van der Waals surface area (Å²) in [4.78, 5) is 15.7. The molecule has 1 amide bonds. The Hall–Kier alpha value is -0.320. The summed E-state index contributed by atoms with van der Waals surface area (Å²) in [6.45, 7) is 0.189. The van der Waals surface area contributed by atoms with Gasteiger partial charge in [0.15, 0.2) is 0 Å². The van der Waals surface area contributed by atoms with Crippen LogP contribution < -0.4 is 0 Å². The third-order valence-corrected chi connectivity index (χ3v) is 1.48. The summed E-state index contributed by atoms with van der Waals surface area (Å²) >= 11 is 5.61. The van der Waals surface area contributed by atoms with Crippen LogP contribution in [-0.2, 0) is 14.4 Å². The first-order chi connectivity index (χ1) is 5.13. The molecule has 5 heteroatoms. The van der Waals surface area contributed by atoms with Gasteiger partial charge in [-0.25, -0.2) is 5.06 Å². The molecule has 0 aliphatic carbocycles. The van der Waals surface area contributed by atoms with Crippen LogP contribution in [0.3, 0.4) is 0 Å². The van der Waals surface area contributed by atoms with Gasteiger partial charge in [-0.05, 0) is 0 Å². The summed E-state index contributed by atoms with van der Waals surface area (Å²) in [5.74, 6) is -0.309. The second kappa shape index (κ2) is 5.35. The molecule has 11 heavy (non-hydrogen) atoms. The van der Waals surface area contributed by atoms with Crippen molar-refractivity contribution in [1.82, 2.24) is 5.06 Å². The molecule has 0 saturated carbocycles. The van der Waals surface area contributed by atoms with Gasteiger partial charge in [-0.3, -0.25) is 9.63 Å². The number of halogens is 1. The number of ether oxygens (including phenoxy) is 1. The van der Waals surface area contributed by atoms with Gasteiger partial charge in [-0.2, -0.15) is 0 Å². The van der Waals surface area contributed by atoms with E-state index in [0.29, 0.717) is 0 Å². The molecule has 0 radical (unpaired) electrons. The molecule has 0 N–H and O–H groups in total. The minimum atomic E-state index is -0.676. The molecule has 0 rings (SSSR count). The monoisotopic (exact) mass is 181 g/mol. The van der Waals surface area contributed by atoms with Crippen LogP contribution in [-0.4, -0.2) is 44.2 Å². The highest BCUT2D eigenvalue weighted by molar-refractivity contribution is 6.30. The summed E-state index contributed by atoms with van der Waals surface area (Å²) in [7, 11) is 4.37. The van der Waals surface area contributed by atoms with Crippen molar-refractivity contribution in [3.63, 3.8) is 0 Å². The van der Waals surface area contributed by atoms with Crippen LogP contribution in [0.15, 0.2) is 0 Å².